The Balaban J connectivity index is 4.30. The molecular formula is C10H18N2O5. The maximum atomic E-state index is 11.4. The van der Waals surface area contributed by atoms with E-state index in [9.17, 15) is 14.4 Å². The van der Waals surface area contributed by atoms with Crippen molar-refractivity contribution in [2.24, 2.45) is 5.73 Å². The van der Waals surface area contributed by atoms with E-state index in [0.29, 0.717) is 6.42 Å². The maximum absolute atomic E-state index is 11.4. The fourth-order valence-corrected chi connectivity index (χ4v) is 1.09. The van der Waals surface area contributed by atoms with Crippen molar-refractivity contribution >= 4 is 17.8 Å². The number of carboxylic acids is 1. The zero-order valence-electron chi connectivity index (χ0n) is 9.93. The van der Waals surface area contributed by atoms with Gasteiger partial charge in [0.2, 0.25) is 5.91 Å². The van der Waals surface area contributed by atoms with E-state index in [1.54, 1.807) is 6.92 Å². The van der Waals surface area contributed by atoms with Crippen LogP contribution in [0.15, 0.2) is 0 Å². The Morgan fingerprint density at radius 2 is 2.00 bits per heavy atom. The molecule has 0 unspecified atom stereocenters. The first-order valence-electron chi connectivity index (χ1n) is 5.27. The summed E-state index contributed by atoms with van der Waals surface area (Å²) >= 11 is 0. The average molecular weight is 246 g/mol. The van der Waals surface area contributed by atoms with Crippen molar-refractivity contribution in [3.63, 3.8) is 0 Å². The predicted octanol–water partition coefficient (Wildman–Crippen LogP) is -0.754. The minimum absolute atomic E-state index is 0.0236. The Labute approximate surface area is 99.3 Å². The van der Waals surface area contributed by atoms with E-state index in [4.69, 9.17) is 10.8 Å². The normalized spacial score (nSPS) is 13.6. The minimum atomic E-state index is -1.20. The number of carbonyl (C=O) groups excluding carboxylic acids is 2. The monoisotopic (exact) mass is 246 g/mol. The summed E-state index contributed by atoms with van der Waals surface area (Å²) in [4.78, 5) is 33.1. The molecule has 0 aromatic heterocycles. The van der Waals surface area contributed by atoms with Crippen LogP contribution in [-0.2, 0) is 19.1 Å². The quantitative estimate of drug-likeness (QED) is 0.508. The summed E-state index contributed by atoms with van der Waals surface area (Å²) < 4.78 is 4.38. The second kappa shape index (κ2) is 7.61. The fraction of sp³-hybridized carbons (Fsp3) is 0.700. The maximum Gasteiger partial charge on any atom is 0.326 e. The number of ether oxygens (including phenoxy) is 1. The van der Waals surface area contributed by atoms with Crippen molar-refractivity contribution < 1.29 is 24.2 Å². The zero-order chi connectivity index (χ0) is 13.4. The number of aliphatic carboxylic acids is 1. The highest BCUT2D eigenvalue weighted by molar-refractivity contribution is 5.87. The molecule has 0 radical (unpaired) electrons. The van der Waals surface area contributed by atoms with Gasteiger partial charge in [-0.3, -0.25) is 9.59 Å². The number of nitrogens with one attached hydrogen (secondary N) is 1. The molecule has 0 aliphatic carbocycles. The van der Waals surface area contributed by atoms with Gasteiger partial charge in [0.1, 0.15) is 6.04 Å². The van der Waals surface area contributed by atoms with Crippen molar-refractivity contribution in [1.82, 2.24) is 5.32 Å². The van der Waals surface area contributed by atoms with Crippen LogP contribution in [0.2, 0.25) is 0 Å². The molecule has 0 aromatic rings. The fourth-order valence-electron chi connectivity index (χ4n) is 1.09. The largest absolute Gasteiger partial charge is 0.480 e. The van der Waals surface area contributed by atoms with E-state index >= 15 is 0 Å². The highest BCUT2D eigenvalue weighted by Crippen LogP contribution is 2.00. The van der Waals surface area contributed by atoms with Gasteiger partial charge in [0, 0.05) is 6.42 Å². The lowest BCUT2D eigenvalue weighted by Gasteiger charge is -2.16. The molecule has 1 amide bonds. The zero-order valence-corrected chi connectivity index (χ0v) is 9.93. The van der Waals surface area contributed by atoms with Gasteiger partial charge < -0.3 is 20.9 Å². The molecule has 0 bridgehead atoms. The summed E-state index contributed by atoms with van der Waals surface area (Å²) in [5.41, 5.74) is 5.45. The van der Waals surface area contributed by atoms with Crippen molar-refractivity contribution in [2.45, 2.75) is 38.3 Å². The number of nitrogens with two attached hydrogens (primary N) is 1. The van der Waals surface area contributed by atoms with E-state index in [-0.39, 0.29) is 12.8 Å². The second-order valence-electron chi connectivity index (χ2n) is 3.53. The molecule has 7 nitrogen and oxygen atoms in total. The Kier molecular flexibility index (Phi) is 6.88. The number of methoxy groups -OCH3 is 1. The topological polar surface area (TPSA) is 119 Å². The standard InChI is InChI=1S/C10H18N2O5/c1-3-6(11)9(14)12-7(10(15)16)4-5-8(13)17-2/h6-7H,3-5,11H2,1-2H3,(H,12,14)(H,15,16)/t6-,7+/m0/s1. The summed E-state index contributed by atoms with van der Waals surface area (Å²) in [5.74, 6) is -2.26. The van der Waals surface area contributed by atoms with Gasteiger partial charge in [-0.2, -0.15) is 0 Å². The number of esters is 1. The van der Waals surface area contributed by atoms with E-state index in [1.165, 1.54) is 7.11 Å². The van der Waals surface area contributed by atoms with E-state index in [0.717, 1.165) is 0 Å². The molecule has 2 atom stereocenters. The molecule has 0 aliphatic rings. The molecule has 0 heterocycles. The van der Waals surface area contributed by atoms with Gasteiger partial charge in [-0.05, 0) is 12.8 Å². The third kappa shape index (κ3) is 5.86. The van der Waals surface area contributed by atoms with Gasteiger partial charge in [-0.15, -0.1) is 0 Å². The molecule has 4 N–H and O–H groups in total. The third-order valence-corrected chi connectivity index (χ3v) is 2.26. The van der Waals surface area contributed by atoms with Crippen LogP contribution in [0, 0.1) is 0 Å². The molecule has 0 fully saturated rings. The Hall–Kier alpha value is -1.63. The number of amides is 1. The van der Waals surface area contributed by atoms with Crippen molar-refractivity contribution in [3.8, 4) is 0 Å². The number of carbonyl (C=O) groups is 3. The van der Waals surface area contributed by atoms with Gasteiger partial charge in [0.05, 0.1) is 13.2 Å². The second-order valence-corrected chi connectivity index (χ2v) is 3.53. The highest BCUT2D eigenvalue weighted by atomic mass is 16.5. The number of carboxylic acid groups (broad SMARTS) is 1. The Morgan fingerprint density at radius 1 is 1.41 bits per heavy atom. The van der Waals surface area contributed by atoms with Crippen LogP contribution in [0.5, 0.6) is 0 Å². The molecule has 0 spiro atoms. The molecule has 17 heavy (non-hydrogen) atoms. The van der Waals surface area contributed by atoms with Crippen LogP contribution in [0.4, 0.5) is 0 Å². The minimum Gasteiger partial charge on any atom is -0.480 e. The van der Waals surface area contributed by atoms with Crippen LogP contribution in [0.3, 0.4) is 0 Å². The predicted molar refractivity (Wildman–Crippen MR) is 59.1 cm³/mol. The van der Waals surface area contributed by atoms with Gasteiger partial charge in [-0.1, -0.05) is 6.92 Å². The van der Waals surface area contributed by atoms with Crippen LogP contribution >= 0.6 is 0 Å². The smallest absolute Gasteiger partial charge is 0.326 e. The SMILES string of the molecule is CC[C@H](N)C(=O)N[C@H](CCC(=O)OC)C(=O)O. The van der Waals surface area contributed by atoms with E-state index in [2.05, 4.69) is 10.1 Å². The van der Waals surface area contributed by atoms with E-state index in [1.807, 2.05) is 0 Å². The molecule has 0 saturated heterocycles. The van der Waals surface area contributed by atoms with Gasteiger partial charge in [0.25, 0.3) is 0 Å². The summed E-state index contributed by atoms with van der Waals surface area (Å²) in [6.07, 6.45) is 0.314. The molecule has 98 valence electrons. The number of rotatable bonds is 7. The molecule has 7 heteroatoms. The molecule has 0 saturated carbocycles. The molecule has 0 aliphatic heterocycles. The number of hydrogen-bond donors (Lipinski definition) is 3. The van der Waals surface area contributed by atoms with Crippen LogP contribution in [0.25, 0.3) is 0 Å². The lowest BCUT2D eigenvalue weighted by atomic mass is 10.1. The van der Waals surface area contributed by atoms with Gasteiger partial charge in [0.15, 0.2) is 0 Å². The first kappa shape index (κ1) is 15.4. The van der Waals surface area contributed by atoms with Crippen molar-refractivity contribution in [1.29, 1.82) is 0 Å². The van der Waals surface area contributed by atoms with Crippen molar-refractivity contribution in [3.05, 3.63) is 0 Å². The first-order chi connectivity index (χ1) is 7.92. The van der Waals surface area contributed by atoms with Crippen LogP contribution in [-0.4, -0.2) is 42.1 Å². The molecule has 0 aromatic carbocycles. The summed E-state index contributed by atoms with van der Waals surface area (Å²) in [6, 6.07) is -1.87. The molecule has 0 rings (SSSR count). The van der Waals surface area contributed by atoms with Crippen LogP contribution in [0.1, 0.15) is 26.2 Å². The molecular weight excluding hydrogens is 228 g/mol. The van der Waals surface area contributed by atoms with E-state index < -0.39 is 29.9 Å². The van der Waals surface area contributed by atoms with Crippen LogP contribution < -0.4 is 11.1 Å². The highest BCUT2D eigenvalue weighted by Gasteiger charge is 2.23. The summed E-state index contributed by atoms with van der Waals surface area (Å²) in [7, 11) is 1.21. The number of hydrogen-bond acceptors (Lipinski definition) is 5. The Morgan fingerprint density at radius 3 is 2.41 bits per heavy atom. The Bertz CT molecular complexity index is 292. The lowest BCUT2D eigenvalue weighted by molar-refractivity contribution is -0.144. The van der Waals surface area contributed by atoms with Gasteiger partial charge >= 0.3 is 11.9 Å². The summed E-state index contributed by atoms with van der Waals surface area (Å²) in [6.45, 7) is 1.72. The summed E-state index contributed by atoms with van der Waals surface area (Å²) in [5, 5.41) is 11.1. The average Bonchev–Trinajstić information content (AvgIpc) is 2.31. The first-order valence-corrected chi connectivity index (χ1v) is 5.27. The van der Waals surface area contributed by atoms with Gasteiger partial charge in [-0.25, -0.2) is 4.79 Å². The van der Waals surface area contributed by atoms with Crippen molar-refractivity contribution in [2.75, 3.05) is 7.11 Å². The lowest BCUT2D eigenvalue weighted by Crippen LogP contribution is -2.48. The third-order valence-electron chi connectivity index (χ3n) is 2.26.